The first kappa shape index (κ1) is 4.58. The van der Waals surface area contributed by atoms with E-state index in [-0.39, 0.29) is 0 Å². The molecule has 0 saturated carbocycles. The molecular formula is C5H5N4+. The van der Waals surface area contributed by atoms with Crippen LogP contribution >= 0.6 is 0 Å². The predicted octanol–water partition coefficient (Wildman–Crippen LogP) is -0.655. The van der Waals surface area contributed by atoms with E-state index >= 15 is 0 Å². The summed E-state index contributed by atoms with van der Waals surface area (Å²) in [4.78, 5) is 4.02. The number of fused-ring (bicyclic) bond motifs is 1. The standard InChI is InChI=1S/C5H4N4/c1-2-8-9-5-4(1)6-3-7-5/h1-3H,(H,6,7,9)/p+1. The summed E-state index contributed by atoms with van der Waals surface area (Å²) in [7, 11) is 0. The van der Waals surface area contributed by atoms with E-state index in [1.165, 1.54) is 0 Å². The molecule has 44 valence electrons. The van der Waals surface area contributed by atoms with Crippen molar-refractivity contribution in [3.63, 3.8) is 0 Å². The van der Waals surface area contributed by atoms with Crippen LogP contribution in [0.5, 0.6) is 0 Å². The van der Waals surface area contributed by atoms with Crippen molar-refractivity contribution < 1.29 is 5.32 Å². The molecular weight excluding hydrogens is 116 g/mol. The molecule has 1 aromatic heterocycles. The number of aromatic nitrogens is 2. The van der Waals surface area contributed by atoms with Crippen LogP contribution in [-0.4, -0.2) is 16.5 Å². The molecule has 0 aromatic carbocycles. The molecule has 1 aromatic rings. The molecule has 0 spiro atoms. The van der Waals surface area contributed by atoms with Crippen LogP contribution in [0.2, 0.25) is 0 Å². The monoisotopic (exact) mass is 121 g/mol. The molecule has 1 aliphatic rings. The van der Waals surface area contributed by atoms with Crippen LogP contribution in [0.1, 0.15) is 0 Å². The van der Waals surface area contributed by atoms with Gasteiger partial charge in [-0.25, -0.2) is 0 Å². The van der Waals surface area contributed by atoms with Gasteiger partial charge in [0.1, 0.15) is 0 Å². The largest absolute Gasteiger partial charge is 0.275 e. The van der Waals surface area contributed by atoms with Crippen molar-refractivity contribution in [3.8, 4) is 0 Å². The number of nitrogens with two attached hydrogens (primary N) is 1. The molecule has 4 heteroatoms. The predicted molar refractivity (Wildman–Crippen MR) is 31.8 cm³/mol. The Balaban J connectivity index is 2.63. The molecule has 0 amide bonds. The first-order valence-electron chi connectivity index (χ1n) is 2.66. The van der Waals surface area contributed by atoms with Crippen LogP contribution in [0, 0.1) is 0 Å². The number of aliphatic imine (C=N–C) groups is 1. The minimum absolute atomic E-state index is 0.859. The van der Waals surface area contributed by atoms with Crippen molar-refractivity contribution >= 4 is 17.8 Å². The Morgan fingerprint density at radius 3 is 3.33 bits per heavy atom. The highest BCUT2D eigenvalue weighted by Crippen LogP contribution is 2.16. The van der Waals surface area contributed by atoms with Gasteiger partial charge in [0, 0.05) is 0 Å². The maximum Gasteiger partial charge on any atom is 0.275 e. The summed E-state index contributed by atoms with van der Waals surface area (Å²) in [5.74, 6) is 0.859. The minimum Gasteiger partial charge on any atom is -0.252 e. The molecule has 2 rings (SSSR count). The Morgan fingerprint density at radius 2 is 2.44 bits per heavy atom. The lowest BCUT2D eigenvalue weighted by Gasteiger charge is -1.84. The third kappa shape index (κ3) is 0.603. The van der Waals surface area contributed by atoms with Crippen LogP contribution < -0.4 is 5.32 Å². The van der Waals surface area contributed by atoms with E-state index in [9.17, 15) is 0 Å². The van der Waals surface area contributed by atoms with Crippen molar-refractivity contribution in [1.82, 2.24) is 10.2 Å². The molecule has 0 saturated heterocycles. The summed E-state index contributed by atoms with van der Waals surface area (Å²) in [6.07, 6.45) is 3.36. The second-order valence-electron chi connectivity index (χ2n) is 1.75. The summed E-state index contributed by atoms with van der Waals surface area (Å²) < 4.78 is 0. The van der Waals surface area contributed by atoms with Crippen LogP contribution in [0.3, 0.4) is 0 Å². The van der Waals surface area contributed by atoms with Gasteiger partial charge in [-0.05, 0) is 6.07 Å². The normalized spacial score (nSPS) is 13.8. The van der Waals surface area contributed by atoms with Gasteiger partial charge in [-0.3, -0.25) is 5.32 Å². The lowest BCUT2D eigenvalue weighted by Crippen LogP contribution is -2.74. The Kier molecular flexibility index (Phi) is 0.811. The molecule has 0 bridgehead atoms. The molecule has 9 heavy (non-hydrogen) atoms. The van der Waals surface area contributed by atoms with Gasteiger partial charge < -0.3 is 0 Å². The maximum atomic E-state index is 4.02. The average Bonchev–Trinajstić information content (AvgIpc) is 2.33. The second-order valence-corrected chi connectivity index (χ2v) is 1.75. The Hall–Kier alpha value is -1.29. The third-order valence-corrected chi connectivity index (χ3v) is 1.17. The van der Waals surface area contributed by atoms with E-state index in [1.54, 1.807) is 12.5 Å². The highest BCUT2D eigenvalue weighted by Gasteiger charge is 2.10. The summed E-state index contributed by atoms with van der Waals surface area (Å²) in [5, 5.41) is 9.36. The maximum absolute atomic E-state index is 4.02. The summed E-state index contributed by atoms with van der Waals surface area (Å²) in [5.41, 5.74) is 0.907. The highest BCUT2D eigenvalue weighted by atomic mass is 15.2. The van der Waals surface area contributed by atoms with Gasteiger partial charge >= 0.3 is 0 Å². The van der Waals surface area contributed by atoms with Gasteiger partial charge in [0.2, 0.25) is 0 Å². The Bertz CT molecular complexity index is 255. The Labute approximate surface area is 51.6 Å². The van der Waals surface area contributed by atoms with Gasteiger partial charge in [0.15, 0.2) is 12.0 Å². The topological polar surface area (TPSA) is 54.8 Å². The van der Waals surface area contributed by atoms with Gasteiger partial charge in [-0.2, -0.15) is 10.1 Å². The van der Waals surface area contributed by atoms with E-state index in [0.717, 1.165) is 11.5 Å². The molecule has 0 unspecified atom stereocenters. The molecule has 0 fully saturated rings. The van der Waals surface area contributed by atoms with Crippen molar-refractivity contribution in [2.45, 2.75) is 0 Å². The molecule has 1 aliphatic heterocycles. The SMILES string of the molecule is C1=Nc2ccnnc2[NH2+]1. The fourth-order valence-corrected chi connectivity index (χ4v) is 0.752. The Morgan fingerprint density at radius 1 is 1.44 bits per heavy atom. The fraction of sp³-hybridized carbons (Fsp3) is 0. The second kappa shape index (κ2) is 1.60. The summed E-state index contributed by atoms with van der Waals surface area (Å²) >= 11 is 0. The molecule has 2 heterocycles. The third-order valence-electron chi connectivity index (χ3n) is 1.17. The van der Waals surface area contributed by atoms with Crippen molar-refractivity contribution in [2.24, 2.45) is 4.99 Å². The number of quaternary nitrogens is 1. The fourth-order valence-electron chi connectivity index (χ4n) is 0.752. The first-order valence-corrected chi connectivity index (χ1v) is 2.66. The highest BCUT2D eigenvalue weighted by molar-refractivity contribution is 5.66. The van der Waals surface area contributed by atoms with Crippen LogP contribution in [0.25, 0.3) is 0 Å². The van der Waals surface area contributed by atoms with E-state index in [1.807, 2.05) is 11.4 Å². The number of hydrogen-bond donors (Lipinski definition) is 1. The van der Waals surface area contributed by atoms with E-state index in [2.05, 4.69) is 15.2 Å². The number of hydrogen-bond acceptors (Lipinski definition) is 3. The summed E-state index contributed by atoms with van der Waals surface area (Å²) in [6, 6.07) is 1.84. The smallest absolute Gasteiger partial charge is 0.252 e. The van der Waals surface area contributed by atoms with E-state index in [4.69, 9.17) is 0 Å². The zero-order valence-corrected chi connectivity index (χ0v) is 4.65. The summed E-state index contributed by atoms with van der Waals surface area (Å²) in [6.45, 7) is 0. The number of nitrogens with zero attached hydrogens (tertiary/aromatic N) is 3. The average molecular weight is 121 g/mol. The van der Waals surface area contributed by atoms with Crippen LogP contribution in [0.15, 0.2) is 17.3 Å². The van der Waals surface area contributed by atoms with E-state index in [0.29, 0.717) is 0 Å². The number of rotatable bonds is 0. The zero-order chi connectivity index (χ0) is 6.10. The van der Waals surface area contributed by atoms with Crippen molar-refractivity contribution in [3.05, 3.63) is 12.3 Å². The molecule has 0 atom stereocenters. The zero-order valence-electron chi connectivity index (χ0n) is 4.65. The first-order chi connectivity index (χ1) is 4.47. The van der Waals surface area contributed by atoms with E-state index < -0.39 is 0 Å². The molecule has 0 radical (unpaired) electrons. The van der Waals surface area contributed by atoms with Crippen molar-refractivity contribution in [2.75, 3.05) is 0 Å². The van der Waals surface area contributed by atoms with Crippen LogP contribution in [0.4, 0.5) is 11.5 Å². The van der Waals surface area contributed by atoms with Gasteiger partial charge in [0.05, 0.1) is 6.20 Å². The quantitative estimate of drug-likeness (QED) is 0.495. The van der Waals surface area contributed by atoms with Crippen molar-refractivity contribution in [1.29, 1.82) is 0 Å². The molecule has 0 aliphatic carbocycles. The lowest BCUT2D eigenvalue weighted by molar-refractivity contribution is -0.433. The van der Waals surface area contributed by atoms with Gasteiger partial charge in [-0.15, -0.1) is 0 Å². The molecule has 2 N–H and O–H groups in total. The van der Waals surface area contributed by atoms with Gasteiger partial charge in [-0.1, -0.05) is 5.10 Å². The lowest BCUT2D eigenvalue weighted by atomic mass is 10.5. The minimum atomic E-state index is 0.859. The van der Waals surface area contributed by atoms with Gasteiger partial charge in [0.25, 0.3) is 5.82 Å². The molecule has 4 nitrogen and oxygen atoms in total. The van der Waals surface area contributed by atoms with Crippen LogP contribution in [-0.2, 0) is 0 Å².